The molecule has 4 rings (SSSR count). The number of aromatic nitrogens is 1. The molecule has 1 fully saturated rings. The molecule has 2 heterocycles. The molecule has 26 heavy (non-hydrogen) atoms. The van der Waals surface area contributed by atoms with Gasteiger partial charge in [0, 0.05) is 29.5 Å². The second kappa shape index (κ2) is 6.83. The molecule has 0 atom stereocenters. The number of anilines is 1. The molecule has 0 spiro atoms. The lowest BCUT2D eigenvalue weighted by atomic mass is 10.0. The van der Waals surface area contributed by atoms with E-state index in [0.717, 1.165) is 48.6 Å². The zero-order chi connectivity index (χ0) is 18.1. The maximum atomic E-state index is 12.1. The molecular formula is C21H24N4O. The number of hydrogen-bond donors (Lipinski definition) is 3. The van der Waals surface area contributed by atoms with E-state index in [-0.39, 0.29) is 5.91 Å². The van der Waals surface area contributed by atoms with E-state index < -0.39 is 0 Å². The Labute approximate surface area is 153 Å². The van der Waals surface area contributed by atoms with Crippen molar-refractivity contribution in [2.75, 3.05) is 11.9 Å². The minimum Gasteiger partial charge on any atom is -0.385 e. The molecule has 1 aliphatic heterocycles. The molecule has 1 aromatic heterocycles. The second-order valence-corrected chi connectivity index (χ2v) is 7.08. The van der Waals surface area contributed by atoms with Gasteiger partial charge in [-0.3, -0.25) is 4.79 Å². The average molecular weight is 348 g/mol. The van der Waals surface area contributed by atoms with E-state index in [1.807, 2.05) is 24.3 Å². The molecule has 3 N–H and O–H groups in total. The molecule has 0 saturated heterocycles. The van der Waals surface area contributed by atoms with Gasteiger partial charge in [0.05, 0.1) is 11.3 Å². The molecule has 0 bridgehead atoms. The van der Waals surface area contributed by atoms with Crippen molar-refractivity contribution in [1.29, 1.82) is 0 Å². The van der Waals surface area contributed by atoms with Gasteiger partial charge in [0.25, 0.3) is 5.91 Å². The Bertz CT molecular complexity index is 888. The molecule has 5 heteroatoms. The summed E-state index contributed by atoms with van der Waals surface area (Å²) in [4.78, 5) is 15.6. The SMILES string of the molecule is Cc1[nH]c(C=C2C(=O)NN=C2C2CC2)c(C)c1CCNc1ccccc1. The predicted octanol–water partition coefficient (Wildman–Crippen LogP) is 3.57. The van der Waals surface area contributed by atoms with Crippen molar-refractivity contribution in [3.63, 3.8) is 0 Å². The van der Waals surface area contributed by atoms with E-state index in [1.165, 1.54) is 11.1 Å². The summed E-state index contributed by atoms with van der Waals surface area (Å²) in [6.07, 6.45) is 5.16. The highest BCUT2D eigenvalue weighted by Gasteiger charge is 2.36. The summed E-state index contributed by atoms with van der Waals surface area (Å²) in [6, 6.07) is 10.2. The van der Waals surface area contributed by atoms with Crippen LogP contribution in [0.4, 0.5) is 5.69 Å². The number of amides is 1. The Hall–Kier alpha value is -2.82. The van der Waals surface area contributed by atoms with Crippen molar-refractivity contribution < 1.29 is 4.79 Å². The molecule has 2 aromatic rings. The molecule has 0 radical (unpaired) electrons. The number of H-pyrrole nitrogens is 1. The molecule has 134 valence electrons. The van der Waals surface area contributed by atoms with Crippen LogP contribution in [0.15, 0.2) is 41.0 Å². The summed E-state index contributed by atoms with van der Waals surface area (Å²) >= 11 is 0. The largest absolute Gasteiger partial charge is 0.385 e. The Balaban J connectivity index is 1.50. The number of hydrogen-bond acceptors (Lipinski definition) is 3. The van der Waals surface area contributed by atoms with Gasteiger partial charge in [0.1, 0.15) is 0 Å². The van der Waals surface area contributed by atoms with Gasteiger partial charge in [-0.05, 0) is 62.4 Å². The summed E-state index contributed by atoms with van der Waals surface area (Å²) in [7, 11) is 0. The zero-order valence-electron chi connectivity index (χ0n) is 15.2. The van der Waals surface area contributed by atoms with E-state index in [2.05, 4.69) is 46.8 Å². The third-order valence-electron chi connectivity index (χ3n) is 5.16. The Morgan fingerprint density at radius 1 is 1.23 bits per heavy atom. The van der Waals surface area contributed by atoms with Crippen LogP contribution >= 0.6 is 0 Å². The van der Waals surface area contributed by atoms with Crippen LogP contribution in [-0.2, 0) is 11.2 Å². The van der Waals surface area contributed by atoms with Crippen LogP contribution in [-0.4, -0.2) is 23.1 Å². The Morgan fingerprint density at radius 3 is 2.73 bits per heavy atom. The first-order chi connectivity index (χ1) is 12.6. The van der Waals surface area contributed by atoms with Gasteiger partial charge in [-0.2, -0.15) is 5.10 Å². The molecule has 2 aliphatic rings. The van der Waals surface area contributed by atoms with Crippen LogP contribution in [0.2, 0.25) is 0 Å². The summed E-state index contributed by atoms with van der Waals surface area (Å²) < 4.78 is 0. The molecule has 1 amide bonds. The number of aromatic amines is 1. The van der Waals surface area contributed by atoms with Crippen LogP contribution in [0, 0.1) is 19.8 Å². The molecule has 0 unspecified atom stereocenters. The number of carbonyl (C=O) groups is 1. The monoisotopic (exact) mass is 348 g/mol. The fraction of sp³-hybridized carbons (Fsp3) is 0.333. The minimum absolute atomic E-state index is 0.0918. The number of nitrogens with one attached hydrogen (secondary N) is 3. The predicted molar refractivity (Wildman–Crippen MR) is 105 cm³/mol. The topological polar surface area (TPSA) is 69.3 Å². The third-order valence-corrected chi connectivity index (χ3v) is 5.16. The van der Waals surface area contributed by atoms with Gasteiger partial charge >= 0.3 is 0 Å². The van der Waals surface area contributed by atoms with Gasteiger partial charge in [0.15, 0.2) is 0 Å². The van der Waals surface area contributed by atoms with Crippen molar-refractivity contribution in [2.45, 2.75) is 33.1 Å². The molecule has 5 nitrogen and oxygen atoms in total. The van der Waals surface area contributed by atoms with Crippen molar-refractivity contribution in [3.8, 4) is 0 Å². The number of benzene rings is 1. The molecule has 1 aliphatic carbocycles. The lowest BCUT2D eigenvalue weighted by molar-refractivity contribution is -0.116. The molecule has 1 aromatic carbocycles. The average Bonchev–Trinajstić information content (AvgIpc) is 3.37. The zero-order valence-corrected chi connectivity index (χ0v) is 15.2. The highest BCUT2D eigenvalue weighted by molar-refractivity contribution is 6.28. The van der Waals surface area contributed by atoms with Crippen LogP contribution in [0.25, 0.3) is 6.08 Å². The van der Waals surface area contributed by atoms with Crippen molar-refractivity contribution >= 4 is 23.4 Å². The number of rotatable bonds is 6. The first-order valence-corrected chi connectivity index (χ1v) is 9.20. The van der Waals surface area contributed by atoms with E-state index >= 15 is 0 Å². The fourth-order valence-corrected chi connectivity index (χ4v) is 3.52. The number of para-hydroxylation sites is 1. The van der Waals surface area contributed by atoms with Gasteiger partial charge in [-0.1, -0.05) is 18.2 Å². The van der Waals surface area contributed by atoms with Crippen LogP contribution in [0.1, 0.15) is 35.4 Å². The van der Waals surface area contributed by atoms with Gasteiger partial charge < -0.3 is 10.3 Å². The van der Waals surface area contributed by atoms with Gasteiger partial charge in [0.2, 0.25) is 0 Å². The lowest BCUT2D eigenvalue weighted by Gasteiger charge is -2.07. The lowest BCUT2D eigenvalue weighted by Crippen LogP contribution is -2.13. The minimum atomic E-state index is -0.0918. The highest BCUT2D eigenvalue weighted by atomic mass is 16.2. The molecular weight excluding hydrogens is 324 g/mol. The second-order valence-electron chi connectivity index (χ2n) is 7.08. The van der Waals surface area contributed by atoms with Crippen LogP contribution in [0.3, 0.4) is 0 Å². The maximum absolute atomic E-state index is 12.1. The highest BCUT2D eigenvalue weighted by Crippen LogP contribution is 2.35. The smallest absolute Gasteiger partial charge is 0.273 e. The van der Waals surface area contributed by atoms with E-state index in [4.69, 9.17) is 0 Å². The number of nitrogens with zero attached hydrogens (tertiary/aromatic N) is 1. The summed E-state index contributed by atoms with van der Waals surface area (Å²) in [6.45, 7) is 5.08. The first-order valence-electron chi connectivity index (χ1n) is 9.20. The maximum Gasteiger partial charge on any atom is 0.273 e. The van der Waals surface area contributed by atoms with Gasteiger partial charge in [-0.25, -0.2) is 5.43 Å². The summed E-state index contributed by atoms with van der Waals surface area (Å²) in [5.41, 5.74) is 10.1. The van der Waals surface area contributed by atoms with Crippen LogP contribution < -0.4 is 10.7 Å². The van der Waals surface area contributed by atoms with Crippen LogP contribution in [0.5, 0.6) is 0 Å². The summed E-state index contributed by atoms with van der Waals surface area (Å²) in [5.74, 6) is 0.358. The normalized spacial score (nSPS) is 18.2. The fourth-order valence-electron chi connectivity index (χ4n) is 3.52. The van der Waals surface area contributed by atoms with E-state index in [0.29, 0.717) is 11.5 Å². The standard InChI is InChI=1S/C21H24N4O/c1-13-17(10-11-22-16-6-4-3-5-7-16)14(2)23-19(13)12-18-20(15-8-9-15)24-25-21(18)26/h3-7,12,15,22-23H,8-11H2,1-2H3,(H,25,26). The third kappa shape index (κ3) is 3.29. The number of carbonyl (C=O) groups excluding carboxylic acids is 1. The Kier molecular flexibility index (Phi) is 4.37. The summed E-state index contributed by atoms with van der Waals surface area (Å²) in [5, 5.41) is 7.68. The first kappa shape index (κ1) is 16.6. The van der Waals surface area contributed by atoms with E-state index in [9.17, 15) is 4.79 Å². The quantitative estimate of drug-likeness (QED) is 0.699. The number of aryl methyl sites for hydroxylation is 1. The van der Waals surface area contributed by atoms with E-state index in [1.54, 1.807) is 0 Å². The van der Waals surface area contributed by atoms with Gasteiger partial charge in [-0.15, -0.1) is 0 Å². The Morgan fingerprint density at radius 2 is 2.00 bits per heavy atom. The van der Waals surface area contributed by atoms with Crippen molar-refractivity contribution in [1.82, 2.24) is 10.4 Å². The van der Waals surface area contributed by atoms with Crippen molar-refractivity contribution in [3.05, 3.63) is 58.4 Å². The molecule has 1 saturated carbocycles. The number of hydrazone groups is 1. The van der Waals surface area contributed by atoms with Crippen molar-refractivity contribution in [2.24, 2.45) is 11.0 Å².